The normalized spacial score (nSPS) is 25.4. The van der Waals surface area contributed by atoms with Gasteiger partial charge in [-0.05, 0) is 47.3 Å². The van der Waals surface area contributed by atoms with Crippen molar-refractivity contribution in [3.63, 3.8) is 0 Å². The minimum absolute atomic E-state index is 0.0296. The molecular formula is C12H23N3O2. The van der Waals surface area contributed by atoms with Crippen LogP contribution in [0.25, 0.3) is 0 Å². The summed E-state index contributed by atoms with van der Waals surface area (Å²) in [5, 5.41) is 2.68. The second-order valence-corrected chi connectivity index (χ2v) is 4.95. The maximum absolute atomic E-state index is 11.9. The molecule has 0 aromatic carbocycles. The molecule has 98 valence electrons. The van der Waals surface area contributed by atoms with Gasteiger partial charge in [-0.2, -0.15) is 0 Å². The van der Waals surface area contributed by atoms with E-state index in [2.05, 4.69) is 10.2 Å². The van der Waals surface area contributed by atoms with Crippen molar-refractivity contribution in [1.82, 2.24) is 15.1 Å². The minimum Gasteiger partial charge on any atom is -0.343 e. The van der Waals surface area contributed by atoms with Gasteiger partial charge in [-0.25, -0.2) is 0 Å². The number of nitrogens with one attached hydrogen (secondary N) is 1. The molecule has 2 amide bonds. The van der Waals surface area contributed by atoms with Gasteiger partial charge in [-0.3, -0.25) is 9.59 Å². The van der Waals surface area contributed by atoms with Crippen molar-refractivity contribution < 1.29 is 9.59 Å². The predicted octanol–water partition coefficient (Wildman–Crippen LogP) is 0.0636. The highest BCUT2D eigenvalue weighted by atomic mass is 16.2. The van der Waals surface area contributed by atoms with Gasteiger partial charge in [-0.1, -0.05) is 0 Å². The summed E-state index contributed by atoms with van der Waals surface area (Å²) in [6, 6.07) is -0.717. The number of hydrogen-bond donors (Lipinski definition) is 1. The summed E-state index contributed by atoms with van der Waals surface area (Å²) >= 11 is 0. The number of nitrogens with zero attached hydrogens (tertiary/aromatic N) is 2. The molecule has 0 aromatic heterocycles. The molecule has 0 bridgehead atoms. The van der Waals surface area contributed by atoms with Crippen LogP contribution in [0, 0.1) is 0 Å². The molecule has 5 nitrogen and oxygen atoms in total. The fraction of sp³-hybridized carbons (Fsp3) is 0.833. The van der Waals surface area contributed by atoms with Gasteiger partial charge in [0.25, 0.3) is 0 Å². The largest absolute Gasteiger partial charge is 0.343 e. The lowest BCUT2D eigenvalue weighted by molar-refractivity contribution is -0.148. The fourth-order valence-corrected chi connectivity index (χ4v) is 1.99. The molecule has 1 rings (SSSR count). The van der Waals surface area contributed by atoms with Crippen molar-refractivity contribution >= 4 is 11.8 Å². The summed E-state index contributed by atoms with van der Waals surface area (Å²) in [5.74, 6) is -0.0216. The average molecular weight is 241 g/mol. The van der Waals surface area contributed by atoms with Crippen LogP contribution >= 0.6 is 0 Å². The number of amides is 2. The van der Waals surface area contributed by atoms with E-state index in [1.54, 1.807) is 18.7 Å². The summed E-state index contributed by atoms with van der Waals surface area (Å²) in [7, 11) is 4.06. The topological polar surface area (TPSA) is 52.7 Å². The van der Waals surface area contributed by atoms with Crippen molar-refractivity contribution in [1.29, 1.82) is 0 Å². The lowest BCUT2D eigenvalue weighted by Gasteiger charge is -2.36. The van der Waals surface area contributed by atoms with Crippen LogP contribution in [0.5, 0.6) is 0 Å². The number of carbonyl (C=O) groups excluding carboxylic acids is 2. The van der Waals surface area contributed by atoms with E-state index in [1.165, 1.54) is 0 Å². The molecule has 0 saturated carbocycles. The van der Waals surface area contributed by atoms with Crippen molar-refractivity contribution in [2.45, 2.75) is 38.8 Å². The van der Waals surface area contributed by atoms with Crippen LogP contribution < -0.4 is 5.32 Å². The summed E-state index contributed by atoms with van der Waals surface area (Å²) in [4.78, 5) is 27.3. The van der Waals surface area contributed by atoms with Gasteiger partial charge >= 0.3 is 0 Å². The van der Waals surface area contributed by atoms with Crippen molar-refractivity contribution in [2.24, 2.45) is 0 Å². The minimum atomic E-state index is -0.382. The molecule has 1 N–H and O–H groups in total. The third-order valence-corrected chi connectivity index (χ3v) is 3.11. The predicted molar refractivity (Wildman–Crippen MR) is 66.6 cm³/mol. The van der Waals surface area contributed by atoms with E-state index in [0.717, 1.165) is 19.4 Å². The first kappa shape index (κ1) is 14.0. The quantitative estimate of drug-likeness (QED) is 0.693. The molecule has 1 aliphatic heterocycles. The molecule has 1 fully saturated rings. The third-order valence-electron chi connectivity index (χ3n) is 3.11. The molecule has 5 heteroatoms. The second-order valence-electron chi connectivity index (χ2n) is 4.95. The van der Waals surface area contributed by atoms with E-state index in [0.29, 0.717) is 6.54 Å². The Kier molecular flexibility index (Phi) is 4.93. The molecule has 0 radical (unpaired) electrons. The van der Waals surface area contributed by atoms with Crippen LogP contribution in [0.15, 0.2) is 0 Å². The van der Waals surface area contributed by atoms with Crippen molar-refractivity contribution in [3.05, 3.63) is 0 Å². The summed E-state index contributed by atoms with van der Waals surface area (Å²) < 4.78 is 0. The smallest absolute Gasteiger partial charge is 0.245 e. The summed E-state index contributed by atoms with van der Waals surface area (Å²) in [6.45, 7) is 5.20. The van der Waals surface area contributed by atoms with Gasteiger partial charge in [0, 0.05) is 6.54 Å². The van der Waals surface area contributed by atoms with E-state index in [4.69, 9.17) is 0 Å². The molecule has 0 aliphatic carbocycles. The second kappa shape index (κ2) is 6.00. The Labute approximate surface area is 103 Å². The zero-order chi connectivity index (χ0) is 13.0. The number of unbranched alkanes of at least 4 members (excludes halogenated alkanes) is 1. The Morgan fingerprint density at radius 3 is 2.47 bits per heavy atom. The van der Waals surface area contributed by atoms with Gasteiger partial charge in [0.1, 0.15) is 12.1 Å². The Balaban J connectivity index is 2.44. The van der Waals surface area contributed by atoms with Crippen LogP contribution in [-0.4, -0.2) is 60.9 Å². The number of piperazine rings is 1. The molecule has 2 unspecified atom stereocenters. The number of hydrogen-bond acceptors (Lipinski definition) is 3. The molecule has 0 aromatic rings. The van der Waals surface area contributed by atoms with Crippen LogP contribution in [0.3, 0.4) is 0 Å². The van der Waals surface area contributed by atoms with Gasteiger partial charge in [-0.15, -0.1) is 0 Å². The maximum atomic E-state index is 11.9. The first-order valence-corrected chi connectivity index (χ1v) is 6.19. The van der Waals surface area contributed by atoms with E-state index in [1.807, 2.05) is 14.1 Å². The zero-order valence-corrected chi connectivity index (χ0v) is 11.2. The Bertz CT molecular complexity index is 291. The van der Waals surface area contributed by atoms with Crippen LogP contribution in [0.2, 0.25) is 0 Å². The average Bonchev–Trinajstić information content (AvgIpc) is 2.25. The molecule has 17 heavy (non-hydrogen) atoms. The van der Waals surface area contributed by atoms with E-state index < -0.39 is 0 Å². The third kappa shape index (κ3) is 3.70. The summed E-state index contributed by atoms with van der Waals surface area (Å²) in [6.07, 6.45) is 1.98. The van der Waals surface area contributed by atoms with Gasteiger partial charge in [0.05, 0.1) is 0 Å². The number of rotatable bonds is 5. The Morgan fingerprint density at radius 2 is 1.88 bits per heavy atom. The van der Waals surface area contributed by atoms with Crippen LogP contribution in [-0.2, 0) is 9.59 Å². The molecular weight excluding hydrogens is 218 g/mol. The zero-order valence-electron chi connectivity index (χ0n) is 11.2. The maximum Gasteiger partial charge on any atom is 0.245 e. The molecule has 1 heterocycles. The van der Waals surface area contributed by atoms with Gasteiger partial charge < -0.3 is 15.1 Å². The Hall–Kier alpha value is -1.10. The molecule has 1 saturated heterocycles. The highest BCUT2D eigenvalue weighted by Crippen LogP contribution is 2.10. The monoisotopic (exact) mass is 241 g/mol. The first-order chi connectivity index (χ1) is 7.93. The highest BCUT2D eigenvalue weighted by molar-refractivity contribution is 5.96. The van der Waals surface area contributed by atoms with Crippen molar-refractivity contribution in [2.75, 3.05) is 27.2 Å². The van der Waals surface area contributed by atoms with Crippen LogP contribution in [0.1, 0.15) is 26.7 Å². The summed E-state index contributed by atoms with van der Waals surface area (Å²) in [5.41, 5.74) is 0. The molecule has 1 aliphatic rings. The Morgan fingerprint density at radius 1 is 1.24 bits per heavy atom. The highest BCUT2D eigenvalue weighted by Gasteiger charge is 2.34. The van der Waals surface area contributed by atoms with E-state index >= 15 is 0 Å². The standard InChI is InChI=1S/C12H23N3O2/c1-9-12(17)15(10(2)11(16)13-9)8-6-5-7-14(3)4/h9-10H,5-8H2,1-4H3,(H,13,16). The SMILES string of the molecule is CC1NC(=O)C(C)N(CCCCN(C)C)C1=O. The lowest BCUT2D eigenvalue weighted by atomic mass is 10.1. The molecule has 2 atom stereocenters. The van der Waals surface area contributed by atoms with Crippen molar-refractivity contribution in [3.8, 4) is 0 Å². The van der Waals surface area contributed by atoms with E-state index in [-0.39, 0.29) is 23.9 Å². The number of carbonyl (C=O) groups is 2. The van der Waals surface area contributed by atoms with Gasteiger partial charge in [0.2, 0.25) is 11.8 Å². The van der Waals surface area contributed by atoms with Crippen LogP contribution in [0.4, 0.5) is 0 Å². The lowest BCUT2D eigenvalue weighted by Crippen LogP contribution is -2.61. The van der Waals surface area contributed by atoms with E-state index in [9.17, 15) is 9.59 Å². The molecule has 0 spiro atoms. The fourth-order valence-electron chi connectivity index (χ4n) is 1.99. The first-order valence-electron chi connectivity index (χ1n) is 6.19. The van der Waals surface area contributed by atoms with Gasteiger partial charge in [0.15, 0.2) is 0 Å².